The zero-order valence-corrected chi connectivity index (χ0v) is 9.98. The van der Waals surface area contributed by atoms with Crippen LogP contribution < -0.4 is 5.32 Å². The highest BCUT2D eigenvalue weighted by atomic mass is 16.6. The first-order valence-corrected chi connectivity index (χ1v) is 5.80. The fourth-order valence-corrected chi connectivity index (χ4v) is 1.99. The molecule has 0 aliphatic heterocycles. The Morgan fingerprint density at radius 1 is 1.26 bits per heavy atom. The predicted molar refractivity (Wildman–Crippen MR) is 65.6 cm³/mol. The summed E-state index contributed by atoms with van der Waals surface area (Å²) in [4.78, 5) is 20.2. The first-order chi connectivity index (χ1) is 8.97. The fourth-order valence-electron chi connectivity index (χ4n) is 1.99. The lowest BCUT2D eigenvalue weighted by Crippen LogP contribution is -2.43. The topological polar surface area (TPSA) is 119 Å². The molecule has 8 nitrogen and oxygen atoms in total. The Hall–Kier alpha value is -2.06. The van der Waals surface area contributed by atoms with Gasteiger partial charge in [-0.1, -0.05) is 0 Å². The van der Waals surface area contributed by atoms with Crippen LogP contribution in [0.5, 0.6) is 0 Å². The maximum absolute atomic E-state index is 10.9. The maximum atomic E-state index is 10.9. The number of nitrogens with zero attached hydrogens (tertiary/aromatic N) is 2. The van der Waals surface area contributed by atoms with Crippen LogP contribution in [0, 0.1) is 20.2 Å². The third-order valence-electron chi connectivity index (χ3n) is 3.17. The number of nitro benzene ring substituents is 2. The van der Waals surface area contributed by atoms with Crippen molar-refractivity contribution in [3.63, 3.8) is 0 Å². The van der Waals surface area contributed by atoms with Gasteiger partial charge >= 0.3 is 0 Å². The smallest absolute Gasteiger partial charge is 0.280 e. The van der Waals surface area contributed by atoms with E-state index in [1.54, 1.807) is 0 Å². The molecule has 1 aliphatic rings. The second kappa shape index (κ2) is 5.29. The predicted octanol–water partition coefficient (Wildman–Crippen LogP) is 1.12. The molecule has 0 aromatic heterocycles. The Morgan fingerprint density at radius 2 is 1.95 bits per heavy atom. The first-order valence-electron chi connectivity index (χ1n) is 5.80. The minimum atomic E-state index is -0.660. The average Bonchev–Trinajstić information content (AvgIpc) is 2.32. The van der Waals surface area contributed by atoms with E-state index in [0.29, 0.717) is 18.4 Å². The van der Waals surface area contributed by atoms with Crippen LogP contribution in [0.15, 0.2) is 18.2 Å². The summed E-state index contributed by atoms with van der Waals surface area (Å²) in [5.74, 6) is 0. The molecule has 1 fully saturated rings. The van der Waals surface area contributed by atoms with Gasteiger partial charge in [-0.3, -0.25) is 20.2 Å². The van der Waals surface area contributed by atoms with Crippen LogP contribution >= 0.6 is 0 Å². The van der Waals surface area contributed by atoms with Gasteiger partial charge in [-0.05, 0) is 18.9 Å². The van der Waals surface area contributed by atoms with Crippen molar-refractivity contribution in [2.45, 2.75) is 31.5 Å². The number of aliphatic hydroxyl groups is 1. The maximum Gasteiger partial charge on any atom is 0.280 e. The van der Waals surface area contributed by atoms with Gasteiger partial charge in [0.2, 0.25) is 0 Å². The van der Waals surface area contributed by atoms with Crippen molar-refractivity contribution in [2.75, 3.05) is 0 Å². The highest BCUT2D eigenvalue weighted by Gasteiger charge is 2.27. The molecule has 0 amide bonds. The summed E-state index contributed by atoms with van der Waals surface area (Å²) < 4.78 is 0. The summed E-state index contributed by atoms with van der Waals surface area (Å²) in [5.41, 5.74) is -0.159. The van der Waals surface area contributed by atoms with Crippen LogP contribution in [0.2, 0.25) is 0 Å². The Bertz CT molecular complexity index is 513. The minimum absolute atomic E-state index is 0.143. The van der Waals surface area contributed by atoms with E-state index in [1.807, 2.05) is 0 Å². The Labute approximate surface area is 108 Å². The van der Waals surface area contributed by atoms with Gasteiger partial charge in [0.15, 0.2) is 0 Å². The average molecular weight is 267 g/mol. The lowest BCUT2D eigenvalue weighted by Gasteiger charge is -2.32. The molecule has 0 saturated heterocycles. The van der Waals surface area contributed by atoms with Gasteiger partial charge in [-0.2, -0.15) is 0 Å². The first kappa shape index (κ1) is 13.4. The molecule has 0 heterocycles. The normalized spacial score (nSPS) is 21.7. The zero-order valence-electron chi connectivity index (χ0n) is 9.98. The molecule has 8 heteroatoms. The Kier molecular flexibility index (Phi) is 3.72. The number of non-ortho nitro benzene ring substituents is 1. The van der Waals surface area contributed by atoms with Crippen LogP contribution in [0.25, 0.3) is 0 Å². The zero-order chi connectivity index (χ0) is 14.0. The number of benzene rings is 1. The molecule has 1 aliphatic carbocycles. The van der Waals surface area contributed by atoms with E-state index in [-0.39, 0.29) is 30.1 Å². The standard InChI is InChI=1S/C11H13N3O5/c15-10-3-8(4-10)12-6-7-1-2-9(13(16)17)5-11(7)14(18)19/h1-2,5,8,10,12,15H,3-4,6H2. The van der Waals surface area contributed by atoms with Gasteiger partial charge in [0.25, 0.3) is 11.4 Å². The van der Waals surface area contributed by atoms with E-state index in [4.69, 9.17) is 5.11 Å². The summed E-state index contributed by atoms with van der Waals surface area (Å²) in [6, 6.07) is 3.75. The molecule has 1 saturated carbocycles. The van der Waals surface area contributed by atoms with Crippen molar-refractivity contribution >= 4 is 11.4 Å². The second-order valence-electron chi connectivity index (χ2n) is 4.53. The molecule has 0 radical (unpaired) electrons. The van der Waals surface area contributed by atoms with Crippen molar-refractivity contribution < 1.29 is 15.0 Å². The van der Waals surface area contributed by atoms with Crippen LogP contribution in [-0.4, -0.2) is 27.1 Å². The molecule has 2 rings (SSSR count). The van der Waals surface area contributed by atoms with Crippen molar-refractivity contribution in [3.05, 3.63) is 44.0 Å². The van der Waals surface area contributed by atoms with Gasteiger partial charge in [0.1, 0.15) is 0 Å². The van der Waals surface area contributed by atoms with Gasteiger partial charge in [-0.25, -0.2) is 0 Å². The number of nitrogens with one attached hydrogen (secondary N) is 1. The van der Waals surface area contributed by atoms with E-state index in [2.05, 4.69) is 5.32 Å². The molecule has 1 aromatic carbocycles. The third kappa shape index (κ3) is 3.04. The van der Waals surface area contributed by atoms with E-state index < -0.39 is 9.85 Å². The second-order valence-corrected chi connectivity index (χ2v) is 4.53. The molecule has 0 bridgehead atoms. The van der Waals surface area contributed by atoms with Crippen molar-refractivity contribution in [3.8, 4) is 0 Å². The molecule has 1 aromatic rings. The number of aliphatic hydroxyl groups excluding tert-OH is 1. The molecule has 19 heavy (non-hydrogen) atoms. The summed E-state index contributed by atoms with van der Waals surface area (Å²) in [6.07, 6.45) is 0.950. The van der Waals surface area contributed by atoms with E-state index in [1.165, 1.54) is 12.1 Å². The molecular formula is C11H13N3O5. The van der Waals surface area contributed by atoms with Gasteiger partial charge in [0, 0.05) is 24.2 Å². The highest BCUT2D eigenvalue weighted by Crippen LogP contribution is 2.26. The van der Waals surface area contributed by atoms with Gasteiger partial charge in [-0.15, -0.1) is 0 Å². The number of hydrogen-bond donors (Lipinski definition) is 2. The van der Waals surface area contributed by atoms with Crippen molar-refractivity contribution in [1.29, 1.82) is 0 Å². The SMILES string of the molecule is O=[N+]([O-])c1ccc(CNC2CC(O)C2)c([N+](=O)[O-])c1. The van der Waals surface area contributed by atoms with Gasteiger partial charge in [0.05, 0.1) is 22.0 Å². The van der Waals surface area contributed by atoms with Crippen molar-refractivity contribution in [2.24, 2.45) is 0 Å². The number of hydrogen-bond acceptors (Lipinski definition) is 6. The largest absolute Gasteiger partial charge is 0.393 e. The third-order valence-corrected chi connectivity index (χ3v) is 3.17. The van der Waals surface area contributed by atoms with Crippen LogP contribution in [0.4, 0.5) is 11.4 Å². The van der Waals surface area contributed by atoms with Crippen LogP contribution in [0.1, 0.15) is 18.4 Å². The Balaban J connectivity index is 2.10. The van der Waals surface area contributed by atoms with E-state index in [9.17, 15) is 20.2 Å². The molecule has 0 spiro atoms. The number of nitro groups is 2. The summed E-state index contributed by atoms with van der Waals surface area (Å²) in [7, 11) is 0. The lowest BCUT2D eigenvalue weighted by molar-refractivity contribution is -0.394. The summed E-state index contributed by atoms with van der Waals surface area (Å²) in [6.45, 7) is 0.256. The summed E-state index contributed by atoms with van der Waals surface area (Å²) in [5, 5.41) is 33.7. The molecular weight excluding hydrogens is 254 g/mol. The molecule has 102 valence electrons. The van der Waals surface area contributed by atoms with E-state index in [0.717, 1.165) is 6.07 Å². The quantitative estimate of drug-likeness (QED) is 0.609. The number of rotatable bonds is 5. The highest BCUT2D eigenvalue weighted by molar-refractivity contribution is 5.49. The van der Waals surface area contributed by atoms with Crippen LogP contribution in [-0.2, 0) is 6.54 Å². The lowest BCUT2D eigenvalue weighted by atomic mass is 9.89. The Morgan fingerprint density at radius 3 is 2.47 bits per heavy atom. The monoisotopic (exact) mass is 267 g/mol. The van der Waals surface area contributed by atoms with Gasteiger partial charge < -0.3 is 10.4 Å². The molecule has 0 atom stereocenters. The fraction of sp³-hybridized carbons (Fsp3) is 0.455. The minimum Gasteiger partial charge on any atom is -0.393 e. The van der Waals surface area contributed by atoms with Crippen molar-refractivity contribution in [1.82, 2.24) is 5.32 Å². The summed E-state index contributed by atoms with van der Waals surface area (Å²) >= 11 is 0. The van der Waals surface area contributed by atoms with Crippen LogP contribution in [0.3, 0.4) is 0 Å². The molecule has 0 unspecified atom stereocenters. The molecule has 2 N–H and O–H groups in total. The van der Waals surface area contributed by atoms with E-state index >= 15 is 0 Å².